The van der Waals surface area contributed by atoms with Crippen molar-refractivity contribution < 1.29 is 0 Å². The minimum atomic E-state index is 0.606. The van der Waals surface area contributed by atoms with Crippen molar-refractivity contribution in [2.75, 3.05) is 32.9 Å². The zero-order valence-corrected chi connectivity index (χ0v) is 17.4. The molecule has 0 spiro atoms. The predicted molar refractivity (Wildman–Crippen MR) is 117 cm³/mol. The second-order valence-corrected chi connectivity index (χ2v) is 8.37. The molecule has 4 rings (SSSR count). The highest BCUT2D eigenvalue weighted by Crippen LogP contribution is 2.30. The van der Waals surface area contributed by atoms with Gasteiger partial charge in [0.15, 0.2) is 0 Å². The summed E-state index contributed by atoms with van der Waals surface area (Å²) in [6.45, 7) is 7.50. The number of hydrogen-bond donors (Lipinski definition) is 1. The van der Waals surface area contributed by atoms with Gasteiger partial charge in [-0.15, -0.1) is 0 Å². The van der Waals surface area contributed by atoms with Crippen LogP contribution < -0.4 is 5.73 Å². The Hall–Kier alpha value is -2.37. The van der Waals surface area contributed by atoms with Crippen LogP contribution in [0.4, 0.5) is 5.69 Å². The fraction of sp³-hybridized carbons (Fsp3) is 0.435. The third-order valence-corrected chi connectivity index (χ3v) is 6.09. The standard InChI is InChI=1S/C23H31N5/c1-16-5-7-20(17(2)13-16)23-21(28-14-18(24)6-8-22(28)25-23)15-27(4)19-9-11-26(3)12-10-19/h5-8,13-14,19H,9-12,15,24H2,1-4H3. The molecule has 1 aliphatic rings. The number of imidazole rings is 1. The Morgan fingerprint density at radius 3 is 2.61 bits per heavy atom. The summed E-state index contributed by atoms with van der Waals surface area (Å²) in [6, 6.07) is 11.2. The van der Waals surface area contributed by atoms with Crippen molar-refractivity contribution in [3.05, 3.63) is 53.3 Å². The van der Waals surface area contributed by atoms with Crippen LogP contribution in [0.3, 0.4) is 0 Å². The van der Waals surface area contributed by atoms with E-state index in [9.17, 15) is 0 Å². The summed E-state index contributed by atoms with van der Waals surface area (Å²) in [5.74, 6) is 0. The molecule has 5 nitrogen and oxygen atoms in total. The Labute approximate surface area is 167 Å². The minimum Gasteiger partial charge on any atom is -0.398 e. The Morgan fingerprint density at radius 1 is 1.14 bits per heavy atom. The predicted octanol–water partition coefficient (Wildman–Crippen LogP) is 3.73. The van der Waals surface area contributed by atoms with Gasteiger partial charge >= 0.3 is 0 Å². The number of fused-ring (bicyclic) bond motifs is 1. The normalized spacial score (nSPS) is 16.3. The highest BCUT2D eigenvalue weighted by molar-refractivity contribution is 5.70. The van der Waals surface area contributed by atoms with Gasteiger partial charge in [-0.1, -0.05) is 23.8 Å². The van der Waals surface area contributed by atoms with Crippen LogP contribution in [0, 0.1) is 13.8 Å². The molecule has 3 heterocycles. The molecule has 3 aromatic rings. The zero-order chi connectivity index (χ0) is 19.8. The van der Waals surface area contributed by atoms with E-state index in [1.54, 1.807) is 0 Å². The van der Waals surface area contributed by atoms with Crippen molar-refractivity contribution in [1.82, 2.24) is 19.2 Å². The van der Waals surface area contributed by atoms with E-state index in [2.05, 4.69) is 60.3 Å². The van der Waals surface area contributed by atoms with Gasteiger partial charge in [-0.05, 0) is 71.6 Å². The molecule has 1 aromatic carbocycles. The van der Waals surface area contributed by atoms with Crippen LogP contribution in [0.1, 0.15) is 29.7 Å². The van der Waals surface area contributed by atoms with Crippen LogP contribution in [0.15, 0.2) is 36.5 Å². The lowest BCUT2D eigenvalue weighted by Gasteiger charge is -2.35. The van der Waals surface area contributed by atoms with E-state index in [-0.39, 0.29) is 0 Å². The van der Waals surface area contributed by atoms with Gasteiger partial charge in [0.1, 0.15) is 5.65 Å². The molecule has 0 unspecified atom stereocenters. The molecule has 2 N–H and O–H groups in total. The minimum absolute atomic E-state index is 0.606. The molecule has 0 bridgehead atoms. The van der Waals surface area contributed by atoms with Gasteiger partial charge in [-0.2, -0.15) is 0 Å². The molecule has 1 saturated heterocycles. The number of anilines is 1. The summed E-state index contributed by atoms with van der Waals surface area (Å²) in [4.78, 5) is 9.91. The largest absolute Gasteiger partial charge is 0.398 e. The summed E-state index contributed by atoms with van der Waals surface area (Å²) < 4.78 is 2.18. The van der Waals surface area contributed by atoms with Crippen molar-refractivity contribution in [3.63, 3.8) is 0 Å². The van der Waals surface area contributed by atoms with Gasteiger partial charge in [0.25, 0.3) is 0 Å². The van der Waals surface area contributed by atoms with Gasteiger partial charge in [-0.3, -0.25) is 4.90 Å². The van der Waals surface area contributed by atoms with Crippen molar-refractivity contribution in [2.24, 2.45) is 0 Å². The van der Waals surface area contributed by atoms with Gasteiger partial charge in [0.05, 0.1) is 11.4 Å². The molecule has 1 fully saturated rings. The van der Waals surface area contributed by atoms with E-state index in [4.69, 9.17) is 10.7 Å². The number of piperidine rings is 1. The molecular formula is C23H31N5. The first-order valence-electron chi connectivity index (χ1n) is 10.2. The van der Waals surface area contributed by atoms with E-state index in [0.29, 0.717) is 6.04 Å². The van der Waals surface area contributed by atoms with Crippen LogP contribution in [0.2, 0.25) is 0 Å². The van der Waals surface area contributed by atoms with Crippen LogP contribution in [-0.2, 0) is 6.54 Å². The zero-order valence-electron chi connectivity index (χ0n) is 17.4. The molecule has 1 aliphatic heterocycles. The summed E-state index contributed by atoms with van der Waals surface area (Å²) in [5, 5.41) is 0. The number of rotatable bonds is 4. The Bertz CT molecular complexity index is 982. The third-order valence-electron chi connectivity index (χ3n) is 6.09. The fourth-order valence-electron chi connectivity index (χ4n) is 4.36. The van der Waals surface area contributed by atoms with Crippen LogP contribution in [0.25, 0.3) is 16.9 Å². The number of benzene rings is 1. The third kappa shape index (κ3) is 3.64. The molecular weight excluding hydrogens is 346 g/mol. The van der Waals surface area contributed by atoms with Crippen molar-refractivity contribution in [2.45, 2.75) is 39.3 Å². The first-order valence-corrected chi connectivity index (χ1v) is 10.2. The van der Waals surface area contributed by atoms with Crippen molar-refractivity contribution in [1.29, 1.82) is 0 Å². The molecule has 0 saturated carbocycles. The number of nitrogen functional groups attached to an aromatic ring is 1. The topological polar surface area (TPSA) is 49.8 Å². The number of hydrogen-bond acceptors (Lipinski definition) is 4. The number of pyridine rings is 1. The maximum Gasteiger partial charge on any atom is 0.137 e. The van der Waals surface area contributed by atoms with Gasteiger partial charge < -0.3 is 15.0 Å². The summed E-state index contributed by atoms with van der Waals surface area (Å²) in [6.07, 6.45) is 4.43. The van der Waals surface area contributed by atoms with Gasteiger partial charge in [0.2, 0.25) is 0 Å². The number of nitrogens with zero attached hydrogens (tertiary/aromatic N) is 4. The monoisotopic (exact) mass is 377 g/mol. The van der Waals surface area contributed by atoms with Crippen LogP contribution in [0.5, 0.6) is 0 Å². The molecule has 0 aliphatic carbocycles. The van der Waals surface area contributed by atoms with Crippen LogP contribution in [-0.4, -0.2) is 52.4 Å². The highest BCUT2D eigenvalue weighted by atomic mass is 15.2. The number of likely N-dealkylation sites (tertiary alicyclic amines) is 1. The van der Waals surface area contributed by atoms with E-state index in [0.717, 1.165) is 23.6 Å². The lowest BCUT2D eigenvalue weighted by atomic mass is 10.0. The molecule has 148 valence electrons. The molecule has 28 heavy (non-hydrogen) atoms. The maximum absolute atomic E-state index is 6.11. The molecule has 0 radical (unpaired) electrons. The first kappa shape index (κ1) is 19.0. The SMILES string of the molecule is Cc1ccc(-c2nc3ccc(N)cn3c2CN(C)C2CCN(C)CC2)c(C)c1. The second-order valence-electron chi connectivity index (χ2n) is 8.37. The van der Waals surface area contributed by atoms with Crippen LogP contribution >= 0.6 is 0 Å². The summed E-state index contributed by atoms with van der Waals surface area (Å²) in [5.41, 5.74) is 13.9. The van der Waals surface area contributed by atoms with E-state index >= 15 is 0 Å². The second kappa shape index (κ2) is 7.57. The number of aryl methyl sites for hydroxylation is 2. The van der Waals surface area contributed by atoms with Crippen molar-refractivity contribution >= 4 is 11.3 Å². The number of aromatic nitrogens is 2. The van der Waals surface area contributed by atoms with Gasteiger partial charge in [-0.25, -0.2) is 4.98 Å². The Balaban J connectivity index is 1.75. The molecule has 0 amide bonds. The quantitative estimate of drug-likeness (QED) is 0.753. The molecule has 5 heteroatoms. The van der Waals surface area contributed by atoms with Gasteiger partial charge in [0, 0.05) is 30.0 Å². The first-order chi connectivity index (χ1) is 13.4. The van der Waals surface area contributed by atoms with Crippen molar-refractivity contribution in [3.8, 4) is 11.3 Å². The Kier molecular flexibility index (Phi) is 5.13. The highest BCUT2D eigenvalue weighted by Gasteiger charge is 2.24. The number of nitrogens with two attached hydrogens (primary N) is 1. The molecule has 0 atom stereocenters. The van der Waals surface area contributed by atoms with E-state index < -0.39 is 0 Å². The Morgan fingerprint density at radius 2 is 1.89 bits per heavy atom. The fourth-order valence-corrected chi connectivity index (χ4v) is 4.36. The summed E-state index contributed by atoms with van der Waals surface area (Å²) in [7, 11) is 4.45. The average Bonchev–Trinajstić information content (AvgIpc) is 3.00. The lowest BCUT2D eigenvalue weighted by Crippen LogP contribution is -2.41. The molecule has 2 aromatic heterocycles. The summed E-state index contributed by atoms with van der Waals surface area (Å²) >= 11 is 0. The smallest absolute Gasteiger partial charge is 0.137 e. The maximum atomic E-state index is 6.11. The average molecular weight is 378 g/mol. The van der Waals surface area contributed by atoms with E-state index in [1.165, 1.54) is 48.3 Å². The van der Waals surface area contributed by atoms with E-state index in [1.807, 2.05) is 18.3 Å². The lowest BCUT2D eigenvalue weighted by molar-refractivity contribution is 0.138.